The third-order valence-electron chi connectivity index (χ3n) is 3.78. The van der Waals surface area contributed by atoms with E-state index in [1.54, 1.807) is 0 Å². The molecular formula is C12H23N7O. The first-order chi connectivity index (χ1) is 9.67. The fourth-order valence-corrected chi connectivity index (χ4v) is 2.45. The summed E-state index contributed by atoms with van der Waals surface area (Å²) in [4.78, 5) is 17.1. The van der Waals surface area contributed by atoms with Gasteiger partial charge < -0.3 is 14.5 Å². The molecule has 2 rings (SSSR count). The van der Waals surface area contributed by atoms with Crippen molar-refractivity contribution in [1.82, 2.24) is 19.9 Å². The number of piperidine rings is 1. The molecule has 1 aromatic heterocycles. The maximum absolute atomic E-state index is 5.37. The standard InChI is InChI=1S/C12H23N7O/c1-4-19-7-5-9(6-8-19)18(2)11-14-10(17-13)15-12(16-11)20-3/h9H,4-8,13H2,1-3H3,(H,14,15,16,17). The second kappa shape index (κ2) is 6.67. The lowest BCUT2D eigenvalue weighted by molar-refractivity contribution is 0.220. The second-order valence-electron chi connectivity index (χ2n) is 4.87. The number of aromatic nitrogens is 3. The molecular weight excluding hydrogens is 258 g/mol. The summed E-state index contributed by atoms with van der Waals surface area (Å²) in [5, 5.41) is 0. The molecule has 0 atom stereocenters. The predicted molar refractivity (Wildman–Crippen MR) is 77.7 cm³/mol. The number of nitrogen functional groups attached to an aromatic ring is 1. The van der Waals surface area contributed by atoms with Crippen molar-refractivity contribution in [3.05, 3.63) is 0 Å². The van der Waals surface area contributed by atoms with Crippen molar-refractivity contribution in [3.63, 3.8) is 0 Å². The molecule has 0 saturated carbocycles. The van der Waals surface area contributed by atoms with Gasteiger partial charge in [0.25, 0.3) is 0 Å². The number of hydrazine groups is 1. The summed E-state index contributed by atoms with van der Waals surface area (Å²) >= 11 is 0. The predicted octanol–water partition coefficient (Wildman–Crippen LogP) is 0.0863. The fraction of sp³-hybridized carbons (Fsp3) is 0.750. The first kappa shape index (κ1) is 14.7. The summed E-state index contributed by atoms with van der Waals surface area (Å²) in [5.74, 6) is 6.27. The van der Waals surface area contributed by atoms with Gasteiger partial charge in [0, 0.05) is 26.2 Å². The van der Waals surface area contributed by atoms with E-state index >= 15 is 0 Å². The number of likely N-dealkylation sites (tertiary alicyclic amines) is 1. The first-order valence-electron chi connectivity index (χ1n) is 6.89. The monoisotopic (exact) mass is 281 g/mol. The van der Waals surface area contributed by atoms with Crippen LogP contribution in [-0.4, -0.2) is 59.7 Å². The molecule has 8 heteroatoms. The molecule has 0 radical (unpaired) electrons. The minimum Gasteiger partial charge on any atom is -0.467 e. The van der Waals surface area contributed by atoms with E-state index in [2.05, 4.69) is 37.1 Å². The molecule has 1 aromatic rings. The van der Waals surface area contributed by atoms with Crippen molar-refractivity contribution in [2.75, 3.05) is 44.1 Å². The van der Waals surface area contributed by atoms with Crippen molar-refractivity contribution >= 4 is 11.9 Å². The molecule has 0 aromatic carbocycles. The number of nitrogens with zero attached hydrogens (tertiary/aromatic N) is 5. The Hall–Kier alpha value is -1.67. The van der Waals surface area contributed by atoms with Gasteiger partial charge in [0.15, 0.2) is 0 Å². The summed E-state index contributed by atoms with van der Waals surface area (Å²) < 4.78 is 5.08. The average molecular weight is 281 g/mol. The van der Waals surface area contributed by atoms with Crippen molar-refractivity contribution < 1.29 is 4.74 Å². The van der Waals surface area contributed by atoms with Gasteiger partial charge >= 0.3 is 6.01 Å². The van der Waals surface area contributed by atoms with E-state index in [9.17, 15) is 0 Å². The first-order valence-corrected chi connectivity index (χ1v) is 6.89. The maximum atomic E-state index is 5.37. The molecule has 0 amide bonds. The summed E-state index contributed by atoms with van der Waals surface area (Å²) in [6, 6.07) is 0.691. The summed E-state index contributed by atoms with van der Waals surface area (Å²) in [7, 11) is 3.53. The lowest BCUT2D eigenvalue weighted by Gasteiger charge is -2.36. The third-order valence-corrected chi connectivity index (χ3v) is 3.78. The smallest absolute Gasteiger partial charge is 0.322 e. The van der Waals surface area contributed by atoms with E-state index in [-0.39, 0.29) is 6.01 Å². The van der Waals surface area contributed by atoms with E-state index in [0.29, 0.717) is 17.9 Å². The van der Waals surface area contributed by atoms with Gasteiger partial charge in [0.1, 0.15) is 0 Å². The van der Waals surface area contributed by atoms with E-state index in [0.717, 1.165) is 32.5 Å². The maximum Gasteiger partial charge on any atom is 0.322 e. The van der Waals surface area contributed by atoms with Crippen molar-refractivity contribution in [2.24, 2.45) is 5.84 Å². The Balaban J connectivity index is 2.10. The van der Waals surface area contributed by atoms with Crippen LogP contribution in [0.25, 0.3) is 0 Å². The molecule has 1 saturated heterocycles. The third kappa shape index (κ3) is 3.26. The fourth-order valence-electron chi connectivity index (χ4n) is 2.45. The SMILES string of the molecule is CCN1CCC(N(C)c2nc(NN)nc(OC)n2)CC1. The summed E-state index contributed by atoms with van der Waals surface area (Å²) in [6.07, 6.45) is 2.20. The number of nitrogens with two attached hydrogens (primary N) is 1. The molecule has 3 N–H and O–H groups in total. The van der Waals surface area contributed by atoms with E-state index in [4.69, 9.17) is 10.6 Å². The van der Waals surface area contributed by atoms with Gasteiger partial charge in [-0.2, -0.15) is 15.0 Å². The van der Waals surface area contributed by atoms with E-state index < -0.39 is 0 Å². The van der Waals surface area contributed by atoms with Crippen LogP contribution in [-0.2, 0) is 0 Å². The largest absolute Gasteiger partial charge is 0.467 e. The van der Waals surface area contributed by atoms with Crippen LogP contribution < -0.4 is 20.9 Å². The van der Waals surface area contributed by atoms with Crippen LogP contribution in [0.2, 0.25) is 0 Å². The zero-order chi connectivity index (χ0) is 14.5. The highest BCUT2D eigenvalue weighted by Crippen LogP contribution is 2.21. The van der Waals surface area contributed by atoms with Gasteiger partial charge in [0.05, 0.1) is 7.11 Å². The quantitative estimate of drug-likeness (QED) is 0.579. The second-order valence-corrected chi connectivity index (χ2v) is 4.87. The Morgan fingerprint density at radius 1 is 1.35 bits per heavy atom. The lowest BCUT2D eigenvalue weighted by atomic mass is 10.0. The molecule has 2 heterocycles. The number of ether oxygens (including phenoxy) is 1. The molecule has 20 heavy (non-hydrogen) atoms. The lowest BCUT2D eigenvalue weighted by Crippen LogP contribution is -2.44. The van der Waals surface area contributed by atoms with Crippen LogP contribution in [0.5, 0.6) is 6.01 Å². The highest BCUT2D eigenvalue weighted by atomic mass is 16.5. The Labute approximate surface area is 119 Å². The number of anilines is 2. The zero-order valence-corrected chi connectivity index (χ0v) is 12.3. The van der Waals surface area contributed by atoms with Gasteiger partial charge in [-0.25, -0.2) is 5.84 Å². The normalized spacial score (nSPS) is 17.0. The van der Waals surface area contributed by atoms with Crippen molar-refractivity contribution in [3.8, 4) is 6.01 Å². The van der Waals surface area contributed by atoms with Crippen LogP contribution in [0.15, 0.2) is 0 Å². The summed E-state index contributed by atoms with van der Waals surface area (Å²) in [5.41, 5.74) is 2.44. The Morgan fingerprint density at radius 2 is 2.05 bits per heavy atom. The molecule has 8 nitrogen and oxygen atoms in total. The summed E-state index contributed by atoms with van der Waals surface area (Å²) in [6.45, 7) is 5.52. The van der Waals surface area contributed by atoms with Gasteiger partial charge in [-0.1, -0.05) is 6.92 Å². The minimum absolute atomic E-state index is 0.265. The number of hydrogen-bond acceptors (Lipinski definition) is 8. The average Bonchev–Trinajstić information content (AvgIpc) is 2.53. The molecule has 0 bridgehead atoms. The van der Waals surface area contributed by atoms with Crippen LogP contribution in [0.4, 0.5) is 11.9 Å². The number of methoxy groups -OCH3 is 1. The highest BCUT2D eigenvalue weighted by molar-refractivity contribution is 5.38. The topological polar surface area (TPSA) is 92.4 Å². The van der Waals surface area contributed by atoms with E-state index in [1.165, 1.54) is 7.11 Å². The van der Waals surface area contributed by atoms with Crippen LogP contribution in [0.1, 0.15) is 19.8 Å². The Kier molecular flexibility index (Phi) is 4.91. The van der Waals surface area contributed by atoms with Crippen molar-refractivity contribution in [2.45, 2.75) is 25.8 Å². The minimum atomic E-state index is 0.265. The molecule has 0 spiro atoms. The zero-order valence-electron chi connectivity index (χ0n) is 12.3. The Morgan fingerprint density at radius 3 is 2.60 bits per heavy atom. The number of rotatable bonds is 5. The van der Waals surface area contributed by atoms with Crippen LogP contribution in [0, 0.1) is 0 Å². The Bertz CT molecular complexity index is 412. The van der Waals surface area contributed by atoms with Gasteiger partial charge in [-0.05, 0) is 19.4 Å². The van der Waals surface area contributed by atoms with Gasteiger partial charge in [-0.15, -0.1) is 0 Å². The van der Waals surface area contributed by atoms with Gasteiger partial charge in [-0.3, -0.25) is 5.43 Å². The van der Waals surface area contributed by atoms with Crippen molar-refractivity contribution in [1.29, 1.82) is 0 Å². The molecule has 1 aliphatic rings. The van der Waals surface area contributed by atoms with Crippen LogP contribution >= 0.6 is 0 Å². The molecule has 1 aliphatic heterocycles. The highest BCUT2D eigenvalue weighted by Gasteiger charge is 2.24. The van der Waals surface area contributed by atoms with Crippen LogP contribution in [0.3, 0.4) is 0 Å². The van der Waals surface area contributed by atoms with E-state index in [1.807, 2.05) is 7.05 Å². The molecule has 0 aliphatic carbocycles. The molecule has 0 unspecified atom stereocenters. The number of nitrogens with one attached hydrogen (secondary N) is 1. The molecule has 112 valence electrons. The number of hydrogen-bond donors (Lipinski definition) is 2. The van der Waals surface area contributed by atoms with Gasteiger partial charge in [0.2, 0.25) is 11.9 Å². The molecule has 1 fully saturated rings.